The van der Waals surface area contributed by atoms with Gasteiger partial charge in [-0.15, -0.1) is 0 Å². The zero-order chi connectivity index (χ0) is 30.7. The average molecular weight is 568 g/mol. The lowest BCUT2D eigenvalue weighted by atomic mass is 9.96. The van der Waals surface area contributed by atoms with E-state index in [-0.39, 0.29) is 17.7 Å². The number of anilines is 1. The molecule has 2 atom stereocenters. The Hall–Kier alpha value is -3.55. The van der Waals surface area contributed by atoms with Crippen molar-refractivity contribution in [1.29, 1.82) is 0 Å². The molecule has 0 bridgehead atoms. The Labute approximate surface area is 246 Å². The van der Waals surface area contributed by atoms with Gasteiger partial charge in [-0.25, -0.2) is 4.79 Å². The van der Waals surface area contributed by atoms with Crippen LogP contribution in [0.2, 0.25) is 0 Å². The molecule has 0 saturated carbocycles. The minimum atomic E-state index is -0.910. The van der Waals surface area contributed by atoms with Crippen LogP contribution >= 0.6 is 0 Å². The number of nitrogens with one attached hydrogen (secondary N) is 2. The Bertz CT molecular complexity index is 1150. The van der Waals surface area contributed by atoms with Gasteiger partial charge in [0.25, 0.3) is 5.91 Å². The fraction of sp³-hybridized carbons (Fsp3) is 0.545. The number of alkyl carbamates (subject to hydrolysis) is 1. The number of nitrogens with zero attached hydrogens (tertiary/aromatic N) is 1. The highest BCUT2D eigenvalue weighted by atomic mass is 16.6. The Balaban J connectivity index is 2.55. The number of methoxy groups -OCH3 is 1. The molecule has 2 rings (SSSR count). The summed E-state index contributed by atoms with van der Waals surface area (Å²) in [5, 5.41) is 5.79. The molecule has 226 valence electrons. The molecule has 8 nitrogen and oxygen atoms in total. The summed E-state index contributed by atoms with van der Waals surface area (Å²) in [7, 11) is 1.59. The summed E-state index contributed by atoms with van der Waals surface area (Å²) in [6.07, 6.45) is 3.06. The first-order valence-corrected chi connectivity index (χ1v) is 14.6. The monoisotopic (exact) mass is 567 g/mol. The maximum atomic E-state index is 14.3. The lowest BCUT2D eigenvalue weighted by Crippen LogP contribution is -2.54. The summed E-state index contributed by atoms with van der Waals surface area (Å²) in [5.74, 6) is -0.217. The summed E-state index contributed by atoms with van der Waals surface area (Å²) >= 11 is 0. The van der Waals surface area contributed by atoms with Crippen LogP contribution in [0.25, 0.3) is 0 Å². The Morgan fingerprint density at radius 1 is 0.927 bits per heavy atom. The molecule has 8 heteroatoms. The summed E-state index contributed by atoms with van der Waals surface area (Å²) in [4.78, 5) is 42.7. The first kappa shape index (κ1) is 33.7. The Morgan fingerprint density at radius 2 is 1.59 bits per heavy atom. The number of benzene rings is 2. The molecule has 2 unspecified atom stereocenters. The molecule has 0 aromatic heterocycles. The van der Waals surface area contributed by atoms with Crippen molar-refractivity contribution in [3.63, 3.8) is 0 Å². The van der Waals surface area contributed by atoms with Gasteiger partial charge >= 0.3 is 6.09 Å². The molecule has 2 N–H and O–H groups in total. The zero-order valence-electron chi connectivity index (χ0n) is 26.3. The predicted molar refractivity (Wildman–Crippen MR) is 164 cm³/mol. The fourth-order valence-electron chi connectivity index (χ4n) is 4.49. The zero-order valence-corrected chi connectivity index (χ0v) is 26.3. The van der Waals surface area contributed by atoms with Gasteiger partial charge in [-0.2, -0.15) is 0 Å². The number of hydrogen-bond donors (Lipinski definition) is 2. The number of carbonyl (C=O) groups is 3. The Kier molecular flexibility index (Phi) is 12.7. The second kappa shape index (κ2) is 15.5. The lowest BCUT2D eigenvalue weighted by molar-refractivity contribution is -0.141. The van der Waals surface area contributed by atoms with Gasteiger partial charge in [-0.3, -0.25) is 9.59 Å². The quantitative estimate of drug-likeness (QED) is 0.255. The SMILES string of the molecule is CCCCCCN(C(=O)C(NC(=O)OC(C)(C)C)C(C)C)C(C(=O)Nc1ccc(OC)cc1)c1ccc(C)c(C)c1. The normalized spacial score (nSPS) is 12.8. The van der Waals surface area contributed by atoms with Crippen molar-refractivity contribution in [1.82, 2.24) is 10.2 Å². The maximum Gasteiger partial charge on any atom is 0.408 e. The van der Waals surface area contributed by atoms with Crippen LogP contribution in [0, 0.1) is 19.8 Å². The smallest absolute Gasteiger partial charge is 0.408 e. The summed E-state index contributed by atoms with van der Waals surface area (Å²) < 4.78 is 10.7. The number of carbonyl (C=O) groups excluding carboxylic acids is 3. The van der Waals surface area contributed by atoms with Crippen LogP contribution in [0.15, 0.2) is 42.5 Å². The molecular weight excluding hydrogens is 518 g/mol. The van der Waals surface area contributed by atoms with E-state index in [4.69, 9.17) is 9.47 Å². The standard InChI is InChI=1S/C33H49N3O5/c1-10-11-12-13-20-36(31(38)28(22(2)3)35-32(39)41-33(6,7)8)29(25-15-14-23(4)24(5)21-25)30(37)34-26-16-18-27(40-9)19-17-26/h14-19,21-22,28-29H,10-13,20H2,1-9H3,(H,34,37)(H,35,39). The van der Waals surface area contributed by atoms with E-state index in [1.165, 1.54) is 0 Å². The number of rotatable bonds is 13. The highest BCUT2D eigenvalue weighted by Crippen LogP contribution is 2.28. The molecule has 3 amide bonds. The van der Waals surface area contributed by atoms with E-state index in [2.05, 4.69) is 17.6 Å². The van der Waals surface area contributed by atoms with Crippen molar-refractivity contribution in [3.8, 4) is 5.75 Å². The van der Waals surface area contributed by atoms with Crippen molar-refractivity contribution in [3.05, 3.63) is 59.2 Å². The van der Waals surface area contributed by atoms with E-state index >= 15 is 0 Å². The minimum Gasteiger partial charge on any atom is -0.497 e. The molecule has 2 aromatic rings. The number of aryl methyl sites for hydroxylation is 2. The van der Waals surface area contributed by atoms with E-state index in [1.807, 2.05) is 45.9 Å². The number of ether oxygens (including phenoxy) is 2. The van der Waals surface area contributed by atoms with Crippen molar-refractivity contribution in [2.24, 2.45) is 5.92 Å². The highest BCUT2D eigenvalue weighted by Gasteiger charge is 2.37. The van der Waals surface area contributed by atoms with Crippen molar-refractivity contribution in [2.45, 2.75) is 98.8 Å². The predicted octanol–water partition coefficient (Wildman–Crippen LogP) is 6.95. The number of amides is 3. The summed E-state index contributed by atoms with van der Waals surface area (Å²) in [6.45, 7) is 15.6. The summed E-state index contributed by atoms with van der Waals surface area (Å²) in [6, 6.07) is 11.1. The van der Waals surface area contributed by atoms with E-state index in [9.17, 15) is 14.4 Å². The second-order valence-corrected chi connectivity index (χ2v) is 11.9. The van der Waals surface area contributed by atoms with Gasteiger partial charge in [0.05, 0.1) is 7.11 Å². The molecule has 0 fully saturated rings. The molecule has 0 radical (unpaired) electrons. The molecule has 0 aliphatic heterocycles. The highest BCUT2D eigenvalue weighted by molar-refractivity contribution is 5.99. The van der Waals surface area contributed by atoms with Gasteiger partial charge in [0.15, 0.2) is 0 Å². The van der Waals surface area contributed by atoms with Crippen molar-refractivity contribution < 1.29 is 23.9 Å². The Morgan fingerprint density at radius 3 is 2.12 bits per heavy atom. The first-order valence-electron chi connectivity index (χ1n) is 14.6. The van der Waals surface area contributed by atoms with Crippen LogP contribution < -0.4 is 15.4 Å². The van der Waals surface area contributed by atoms with Gasteiger partial charge in [0, 0.05) is 12.2 Å². The number of hydrogen-bond acceptors (Lipinski definition) is 5. The van der Waals surface area contributed by atoms with Gasteiger partial charge in [-0.05, 0) is 87.9 Å². The second-order valence-electron chi connectivity index (χ2n) is 11.9. The summed E-state index contributed by atoms with van der Waals surface area (Å²) in [5.41, 5.74) is 2.71. The van der Waals surface area contributed by atoms with Crippen LogP contribution in [-0.2, 0) is 14.3 Å². The molecule has 0 saturated heterocycles. The largest absolute Gasteiger partial charge is 0.497 e. The van der Waals surface area contributed by atoms with Crippen LogP contribution in [0.3, 0.4) is 0 Å². The molecule has 41 heavy (non-hydrogen) atoms. The van der Waals surface area contributed by atoms with Gasteiger partial charge in [0.1, 0.15) is 23.4 Å². The topological polar surface area (TPSA) is 97.0 Å². The van der Waals surface area contributed by atoms with Crippen molar-refractivity contribution in [2.75, 3.05) is 19.0 Å². The van der Waals surface area contributed by atoms with E-state index in [1.54, 1.807) is 57.0 Å². The van der Waals surface area contributed by atoms with E-state index in [0.29, 0.717) is 23.5 Å². The molecular formula is C33H49N3O5. The third-order valence-corrected chi connectivity index (χ3v) is 6.90. The van der Waals surface area contributed by atoms with Crippen LogP contribution in [0.4, 0.5) is 10.5 Å². The van der Waals surface area contributed by atoms with Gasteiger partial charge in [-0.1, -0.05) is 58.2 Å². The molecule has 0 aliphatic carbocycles. The third-order valence-electron chi connectivity index (χ3n) is 6.90. The molecule has 0 aliphatic rings. The maximum absolute atomic E-state index is 14.3. The lowest BCUT2D eigenvalue weighted by Gasteiger charge is -2.36. The molecule has 0 spiro atoms. The van der Waals surface area contributed by atoms with Crippen LogP contribution in [0.5, 0.6) is 5.75 Å². The van der Waals surface area contributed by atoms with Gasteiger partial charge < -0.3 is 25.0 Å². The van der Waals surface area contributed by atoms with E-state index < -0.39 is 23.8 Å². The average Bonchev–Trinajstić information content (AvgIpc) is 2.89. The fourth-order valence-corrected chi connectivity index (χ4v) is 4.49. The first-order chi connectivity index (χ1) is 19.3. The van der Waals surface area contributed by atoms with Crippen LogP contribution in [-0.4, -0.2) is 48.1 Å². The van der Waals surface area contributed by atoms with Gasteiger partial charge in [0.2, 0.25) is 5.91 Å². The van der Waals surface area contributed by atoms with E-state index in [0.717, 1.165) is 36.8 Å². The molecule has 2 aromatic carbocycles. The number of unbranched alkanes of at least 4 members (excludes halogenated alkanes) is 3. The third kappa shape index (κ3) is 10.4. The molecule has 0 heterocycles. The van der Waals surface area contributed by atoms with Crippen molar-refractivity contribution >= 4 is 23.6 Å². The van der Waals surface area contributed by atoms with Crippen LogP contribution in [0.1, 0.15) is 90.0 Å². The minimum absolute atomic E-state index is 0.238.